The Morgan fingerprint density at radius 2 is 2.04 bits per heavy atom. The Labute approximate surface area is 139 Å². The lowest BCUT2D eigenvalue weighted by Crippen LogP contribution is -2.36. The third-order valence-electron chi connectivity index (χ3n) is 4.39. The summed E-state index contributed by atoms with van der Waals surface area (Å²) in [6, 6.07) is 11.8. The minimum atomic E-state index is -0.0327. The van der Waals surface area contributed by atoms with Gasteiger partial charge < -0.3 is 4.90 Å². The van der Waals surface area contributed by atoms with Gasteiger partial charge in [-0.15, -0.1) is 0 Å². The van der Waals surface area contributed by atoms with Crippen LogP contribution in [0.2, 0.25) is 5.02 Å². The van der Waals surface area contributed by atoms with Crippen LogP contribution in [0.15, 0.2) is 42.6 Å². The Morgan fingerprint density at radius 1 is 1.26 bits per heavy atom. The second-order valence-corrected chi connectivity index (χ2v) is 6.41. The van der Waals surface area contributed by atoms with Gasteiger partial charge in [0.2, 0.25) is 0 Å². The molecule has 1 aromatic carbocycles. The predicted molar refractivity (Wildman–Crippen MR) is 91.4 cm³/mol. The maximum absolute atomic E-state index is 13.2. The molecule has 5 heteroatoms. The van der Waals surface area contributed by atoms with E-state index < -0.39 is 0 Å². The maximum atomic E-state index is 13.2. The van der Waals surface area contributed by atoms with E-state index in [1.165, 1.54) is 5.56 Å². The number of pyridine rings is 1. The number of benzene rings is 1. The van der Waals surface area contributed by atoms with Crippen molar-refractivity contribution in [3.63, 3.8) is 0 Å². The van der Waals surface area contributed by atoms with Crippen molar-refractivity contribution in [2.75, 3.05) is 4.90 Å². The first kappa shape index (κ1) is 14.3. The van der Waals surface area contributed by atoms with Crippen molar-refractivity contribution in [2.24, 2.45) is 0 Å². The van der Waals surface area contributed by atoms with E-state index in [1.807, 2.05) is 36.1 Å². The SMILES string of the molecule is Cc1nc2ccc(Cl)cn2c1C(=O)N1c2ccccc2CC1C. The van der Waals surface area contributed by atoms with Gasteiger partial charge in [-0.2, -0.15) is 0 Å². The summed E-state index contributed by atoms with van der Waals surface area (Å²) in [7, 11) is 0. The van der Waals surface area contributed by atoms with Gasteiger partial charge in [0.1, 0.15) is 11.3 Å². The molecule has 1 atom stereocenters. The van der Waals surface area contributed by atoms with Gasteiger partial charge in [-0.25, -0.2) is 4.98 Å². The van der Waals surface area contributed by atoms with Gasteiger partial charge in [0.05, 0.1) is 10.7 Å². The highest BCUT2D eigenvalue weighted by Crippen LogP contribution is 2.33. The standard InChI is InChI=1S/C18H16ClN3O/c1-11-9-13-5-3-4-6-15(13)22(11)18(23)17-12(2)20-16-8-7-14(19)10-21(16)17/h3-8,10-11H,9H2,1-2H3. The molecule has 4 rings (SSSR count). The van der Waals surface area contributed by atoms with E-state index in [0.29, 0.717) is 16.4 Å². The average Bonchev–Trinajstić information content (AvgIpc) is 3.01. The van der Waals surface area contributed by atoms with Crippen LogP contribution in [-0.4, -0.2) is 21.3 Å². The highest BCUT2D eigenvalue weighted by Gasteiger charge is 2.33. The van der Waals surface area contributed by atoms with Crippen molar-refractivity contribution in [3.05, 3.63) is 64.6 Å². The highest BCUT2D eigenvalue weighted by molar-refractivity contribution is 6.30. The molecule has 0 fully saturated rings. The molecule has 1 amide bonds. The molecule has 116 valence electrons. The fourth-order valence-corrected chi connectivity index (χ4v) is 3.54. The topological polar surface area (TPSA) is 37.6 Å². The minimum absolute atomic E-state index is 0.0327. The number of fused-ring (bicyclic) bond motifs is 2. The predicted octanol–water partition coefficient (Wildman–Crippen LogP) is 3.89. The van der Waals surface area contributed by atoms with Crippen LogP contribution in [0.1, 0.15) is 28.7 Å². The van der Waals surface area contributed by atoms with E-state index in [1.54, 1.807) is 16.7 Å². The van der Waals surface area contributed by atoms with Crippen LogP contribution in [0.3, 0.4) is 0 Å². The summed E-state index contributed by atoms with van der Waals surface area (Å²) in [5.41, 5.74) is 4.22. The second kappa shape index (κ2) is 5.10. The average molecular weight is 326 g/mol. The zero-order valence-corrected chi connectivity index (χ0v) is 13.7. The van der Waals surface area contributed by atoms with Crippen LogP contribution >= 0.6 is 11.6 Å². The van der Waals surface area contributed by atoms with E-state index >= 15 is 0 Å². The van der Waals surface area contributed by atoms with Gasteiger partial charge in [-0.05, 0) is 44.0 Å². The number of nitrogens with zero attached hydrogens (tertiary/aromatic N) is 3. The monoisotopic (exact) mass is 325 g/mol. The summed E-state index contributed by atoms with van der Waals surface area (Å²) >= 11 is 6.10. The van der Waals surface area contributed by atoms with E-state index in [9.17, 15) is 4.79 Å². The molecule has 0 saturated carbocycles. The summed E-state index contributed by atoms with van der Waals surface area (Å²) in [6.07, 6.45) is 2.62. The molecule has 1 aliphatic heterocycles. The first-order valence-electron chi connectivity index (χ1n) is 7.62. The van der Waals surface area contributed by atoms with Crippen molar-refractivity contribution in [2.45, 2.75) is 26.3 Å². The van der Waals surface area contributed by atoms with Gasteiger partial charge >= 0.3 is 0 Å². The van der Waals surface area contributed by atoms with Gasteiger partial charge in [0.25, 0.3) is 5.91 Å². The molecular weight excluding hydrogens is 310 g/mol. The molecule has 4 nitrogen and oxygen atoms in total. The van der Waals surface area contributed by atoms with Gasteiger partial charge in [0.15, 0.2) is 0 Å². The van der Waals surface area contributed by atoms with Gasteiger partial charge in [-0.3, -0.25) is 9.20 Å². The lowest BCUT2D eigenvalue weighted by Gasteiger charge is -2.22. The zero-order chi connectivity index (χ0) is 16.1. The summed E-state index contributed by atoms with van der Waals surface area (Å²) in [5.74, 6) is -0.0327. The molecule has 1 aliphatic rings. The van der Waals surface area contributed by atoms with E-state index in [4.69, 9.17) is 11.6 Å². The molecule has 0 saturated heterocycles. The first-order valence-corrected chi connectivity index (χ1v) is 7.99. The molecule has 1 unspecified atom stereocenters. The summed E-state index contributed by atoms with van der Waals surface area (Å²) in [6.45, 7) is 3.93. The molecule has 0 N–H and O–H groups in total. The smallest absolute Gasteiger partial charge is 0.277 e. The first-order chi connectivity index (χ1) is 11.1. The van der Waals surface area contributed by atoms with Crippen molar-refractivity contribution >= 4 is 28.8 Å². The van der Waals surface area contributed by atoms with Crippen molar-refractivity contribution < 1.29 is 4.79 Å². The fraction of sp³-hybridized carbons (Fsp3) is 0.222. The van der Waals surface area contributed by atoms with Crippen LogP contribution in [-0.2, 0) is 6.42 Å². The number of aryl methyl sites for hydroxylation is 1. The second-order valence-electron chi connectivity index (χ2n) is 5.98. The van der Waals surface area contributed by atoms with Gasteiger partial charge in [0, 0.05) is 17.9 Å². The summed E-state index contributed by atoms with van der Waals surface area (Å²) < 4.78 is 1.79. The van der Waals surface area contributed by atoms with Crippen molar-refractivity contribution in [3.8, 4) is 0 Å². The number of anilines is 1. The molecule has 3 aromatic rings. The molecule has 0 aliphatic carbocycles. The van der Waals surface area contributed by atoms with E-state index in [2.05, 4.69) is 18.0 Å². The molecule has 3 heterocycles. The number of amides is 1. The maximum Gasteiger partial charge on any atom is 0.277 e. The molecule has 0 spiro atoms. The third-order valence-corrected chi connectivity index (χ3v) is 4.61. The number of carbonyl (C=O) groups is 1. The third kappa shape index (κ3) is 2.13. The number of hydrogen-bond acceptors (Lipinski definition) is 2. The molecule has 2 aromatic heterocycles. The van der Waals surface area contributed by atoms with Crippen molar-refractivity contribution in [1.82, 2.24) is 9.38 Å². The van der Waals surface area contributed by atoms with Crippen LogP contribution in [0.25, 0.3) is 5.65 Å². The van der Waals surface area contributed by atoms with Gasteiger partial charge in [-0.1, -0.05) is 29.8 Å². The number of imidazole rings is 1. The zero-order valence-electron chi connectivity index (χ0n) is 13.0. The Bertz CT molecular complexity index is 931. The Hall–Kier alpha value is -2.33. The molecule has 0 bridgehead atoms. The van der Waals surface area contributed by atoms with E-state index in [-0.39, 0.29) is 11.9 Å². The molecule has 23 heavy (non-hydrogen) atoms. The Balaban J connectivity index is 1.87. The van der Waals surface area contributed by atoms with Crippen LogP contribution in [0, 0.1) is 6.92 Å². The molecular formula is C18H16ClN3O. The lowest BCUT2D eigenvalue weighted by atomic mass is 10.1. The number of para-hydroxylation sites is 1. The summed E-state index contributed by atoms with van der Waals surface area (Å²) in [5, 5.41) is 0.582. The number of aromatic nitrogens is 2. The quantitative estimate of drug-likeness (QED) is 0.680. The van der Waals surface area contributed by atoms with Crippen LogP contribution in [0.4, 0.5) is 5.69 Å². The Morgan fingerprint density at radius 3 is 2.87 bits per heavy atom. The number of hydrogen-bond donors (Lipinski definition) is 0. The van der Waals surface area contributed by atoms with E-state index in [0.717, 1.165) is 17.8 Å². The van der Waals surface area contributed by atoms with Crippen molar-refractivity contribution in [1.29, 1.82) is 0 Å². The largest absolute Gasteiger partial charge is 0.304 e. The fourth-order valence-electron chi connectivity index (χ4n) is 3.38. The van der Waals surface area contributed by atoms with Crippen LogP contribution in [0.5, 0.6) is 0 Å². The normalized spacial score (nSPS) is 16.8. The number of rotatable bonds is 1. The number of halogens is 1. The number of carbonyl (C=O) groups excluding carboxylic acids is 1. The Kier molecular flexibility index (Phi) is 3.16. The molecule has 0 radical (unpaired) electrons. The summed E-state index contributed by atoms with van der Waals surface area (Å²) in [4.78, 5) is 19.6. The lowest BCUT2D eigenvalue weighted by molar-refractivity contribution is 0.0975. The highest BCUT2D eigenvalue weighted by atomic mass is 35.5. The van der Waals surface area contributed by atoms with Crippen LogP contribution < -0.4 is 4.90 Å². The minimum Gasteiger partial charge on any atom is -0.304 e.